The lowest BCUT2D eigenvalue weighted by molar-refractivity contribution is 0.0245. The van der Waals surface area contributed by atoms with Crippen LogP contribution in [0.25, 0.3) is 34.2 Å². The summed E-state index contributed by atoms with van der Waals surface area (Å²) in [6.07, 6.45) is 25.0. The average Bonchev–Trinajstić information content (AvgIpc) is 3.95. The first kappa shape index (κ1) is 38.1. The van der Waals surface area contributed by atoms with E-state index >= 15 is 0 Å². The molecule has 8 bridgehead atoms. The van der Waals surface area contributed by atoms with E-state index in [2.05, 4.69) is 80.1 Å². The van der Waals surface area contributed by atoms with Gasteiger partial charge in [-0.15, -0.1) is 0 Å². The Morgan fingerprint density at radius 1 is 0.460 bits per heavy atom. The summed E-state index contributed by atoms with van der Waals surface area (Å²) in [5, 5.41) is 23.5. The highest BCUT2D eigenvalue weighted by Gasteiger charge is 2.33. The topological polar surface area (TPSA) is 84.9 Å². The van der Waals surface area contributed by atoms with Crippen LogP contribution in [-0.2, 0) is 25.7 Å². The number of H-pyrrole nitrogens is 2. The van der Waals surface area contributed by atoms with E-state index < -0.39 is 12.2 Å². The van der Waals surface area contributed by atoms with Crippen LogP contribution in [-0.4, -0.2) is 25.2 Å². The van der Waals surface area contributed by atoms with Crippen molar-refractivity contribution >= 4 is 34.2 Å². The van der Waals surface area contributed by atoms with Gasteiger partial charge >= 0.3 is 0 Å². The van der Waals surface area contributed by atoms with E-state index in [1.807, 2.05) is 0 Å². The standard InChI is InChI=1S/C45H65N3O2/c1-5-9-13-17-21-34-32-25-26-33(31-32)35(22-18-14-10-6-2)39-28-30-41(47-39)37(24-20-16-12-8-4)43-45(50)44(49)42(48-43)36(23-19-15-11-7-3)40-29-27-38(34)46-40/h25-31,44-47,49-50H,5-24H2,1-4H3. The van der Waals surface area contributed by atoms with Crippen molar-refractivity contribution in [2.45, 2.75) is 168 Å². The van der Waals surface area contributed by atoms with Gasteiger partial charge in [0.15, 0.2) is 0 Å². The van der Waals surface area contributed by atoms with Crippen LogP contribution in [0.1, 0.15) is 187 Å². The van der Waals surface area contributed by atoms with Crippen LogP contribution in [0.2, 0.25) is 0 Å². The third kappa shape index (κ3) is 9.39. The smallest absolute Gasteiger partial charge is 0.128 e. The zero-order chi connectivity index (χ0) is 35.3. The Morgan fingerprint density at radius 2 is 0.780 bits per heavy atom. The number of fused-ring (bicyclic) bond motifs is 8. The minimum Gasteiger partial charge on any atom is -0.384 e. The van der Waals surface area contributed by atoms with Crippen molar-refractivity contribution in [1.29, 1.82) is 0 Å². The molecule has 5 rings (SSSR count). The van der Waals surface area contributed by atoms with Gasteiger partial charge in [0, 0.05) is 22.1 Å². The minimum absolute atomic E-state index is 0.630. The first-order chi connectivity index (χ1) is 24.5. The molecule has 3 aromatic rings. The van der Waals surface area contributed by atoms with Crippen molar-refractivity contribution in [3.05, 3.63) is 75.1 Å². The first-order valence-electron chi connectivity index (χ1n) is 20.4. The van der Waals surface area contributed by atoms with Gasteiger partial charge in [0.2, 0.25) is 0 Å². The highest BCUT2D eigenvalue weighted by molar-refractivity contribution is 5.84. The zero-order valence-electron chi connectivity index (χ0n) is 31.7. The van der Waals surface area contributed by atoms with Crippen molar-refractivity contribution in [3.63, 3.8) is 0 Å². The number of hydrogen-bond donors (Lipinski definition) is 4. The van der Waals surface area contributed by atoms with Gasteiger partial charge in [0.25, 0.3) is 0 Å². The second kappa shape index (κ2) is 19.5. The Morgan fingerprint density at radius 3 is 1.12 bits per heavy atom. The van der Waals surface area contributed by atoms with Crippen LogP contribution in [0.5, 0.6) is 0 Å². The maximum Gasteiger partial charge on any atom is 0.128 e. The largest absolute Gasteiger partial charge is 0.384 e. The minimum atomic E-state index is -1.05. The predicted octanol–water partition coefficient (Wildman–Crippen LogP) is 12.3. The van der Waals surface area contributed by atoms with Crippen LogP contribution in [0.4, 0.5) is 0 Å². The summed E-state index contributed by atoms with van der Waals surface area (Å²) < 4.78 is 0. The fourth-order valence-electron chi connectivity index (χ4n) is 7.95. The third-order valence-electron chi connectivity index (χ3n) is 11.0. The molecule has 0 saturated heterocycles. The van der Waals surface area contributed by atoms with Crippen LogP contribution in [0.3, 0.4) is 0 Å². The van der Waals surface area contributed by atoms with E-state index in [0.717, 1.165) is 97.4 Å². The fraction of sp³-hybridized carbons (Fsp3) is 0.578. The molecule has 0 amide bonds. The van der Waals surface area contributed by atoms with Crippen LogP contribution in [0, 0.1) is 0 Å². The molecule has 0 saturated carbocycles. The SMILES string of the molecule is CCCCCCc1c2cc(c(CCCCCC)c3ccc([nH]3)c(CCCCCC)c3nc(c(CCCCCC)c4ccc1[nH]4)C(O)C3O)C=C2. The molecule has 3 aromatic heterocycles. The number of rotatable bonds is 20. The highest BCUT2D eigenvalue weighted by Crippen LogP contribution is 2.39. The maximum atomic E-state index is 11.7. The number of nitrogens with one attached hydrogen (secondary N) is 2. The zero-order valence-corrected chi connectivity index (χ0v) is 31.7. The van der Waals surface area contributed by atoms with Crippen molar-refractivity contribution < 1.29 is 10.2 Å². The Kier molecular flexibility index (Phi) is 14.8. The molecule has 2 unspecified atom stereocenters. The first-order valence-corrected chi connectivity index (χ1v) is 20.4. The molecule has 4 heterocycles. The summed E-state index contributed by atoms with van der Waals surface area (Å²) in [7, 11) is 0. The summed E-state index contributed by atoms with van der Waals surface area (Å²) >= 11 is 0. The molecule has 50 heavy (non-hydrogen) atoms. The molecule has 0 aromatic carbocycles. The van der Waals surface area contributed by atoms with Crippen LogP contribution < -0.4 is 0 Å². The normalized spacial score (nSPS) is 15.7. The lowest BCUT2D eigenvalue weighted by Crippen LogP contribution is -2.07. The van der Waals surface area contributed by atoms with Gasteiger partial charge in [-0.05, 0) is 115 Å². The van der Waals surface area contributed by atoms with Gasteiger partial charge in [-0.2, -0.15) is 0 Å². The van der Waals surface area contributed by atoms with E-state index in [4.69, 9.17) is 4.98 Å². The Bertz CT molecular complexity index is 1590. The Labute approximate surface area is 302 Å². The number of aliphatic hydroxyl groups excluding tert-OH is 2. The van der Waals surface area contributed by atoms with Crippen molar-refractivity contribution in [1.82, 2.24) is 15.0 Å². The van der Waals surface area contributed by atoms with Crippen molar-refractivity contribution in [2.24, 2.45) is 0 Å². The molecular formula is C45H65N3O2. The molecule has 0 fully saturated rings. The number of aryl methyl sites for hydroxylation is 4. The molecule has 1 aliphatic carbocycles. The van der Waals surface area contributed by atoms with E-state index in [1.165, 1.54) is 86.5 Å². The van der Waals surface area contributed by atoms with E-state index in [0.29, 0.717) is 11.4 Å². The van der Waals surface area contributed by atoms with Gasteiger partial charge in [0.05, 0.1) is 11.4 Å². The quantitative estimate of drug-likeness (QED) is 0.0701. The van der Waals surface area contributed by atoms with E-state index in [-0.39, 0.29) is 0 Å². The number of aliphatic hydroxyl groups is 2. The van der Waals surface area contributed by atoms with Crippen molar-refractivity contribution in [3.8, 4) is 0 Å². The maximum absolute atomic E-state index is 11.7. The molecule has 1 aliphatic heterocycles. The summed E-state index contributed by atoms with van der Waals surface area (Å²) in [4.78, 5) is 12.9. The third-order valence-corrected chi connectivity index (χ3v) is 11.0. The van der Waals surface area contributed by atoms with Gasteiger partial charge in [-0.1, -0.05) is 117 Å². The molecule has 0 spiro atoms. The predicted molar refractivity (Wildman–Crippen MR) is 213 cm³/mol. The number of nitrogens with zero attached hydrogens (tertiary/aromatic N) is 1. The average molecular weight is 680 g/mol. The van der Waals surface area contributed by atoms with Gasteiger partial charge in [0.1, 0.15) is 12.2 Å². The number of aromatic amines is 2. The van der Waals surface area contributed by atoms with Crippen LogP contribution in [0.15, 0.2) is 30.3 Å². The van der Waals surface area contributed by atoms with Crippen molar-refractivity contribution in [2.75, 3.05) is 0 Å². The molecule has 2 atom stereocenters. The fourth-order valence-corrected chi connectivity index (χ4v) is 7.95. The number of hydrogen-bond acceptors (Lipinski definition) is 3. The summed E-state index contributed by atoms with van der Waals surface area (Å²) in [6.45, 7) is 9.02. The van der Waals surface area contributed by atoms with Crippen LogP contribution >= 0.6 is 0 Å². The molecule has 0 radical (unpaired) electrons. The number of aromatic nitrogens is 3. The lowest BCUT2D eigenvalue weighted by Gasteiger charge is -2.13. The molecular weight excluding hydrogens is 615 g/mol. The monoisotopic (exact) mass is 680 g/mol. The van der Waals surface area contributed by atoms with E-state index in [9.17, 15) is 10.2 Å². The summed E-state index contributed by atoms with van der Waals surface area (Å²) in [6, 6.07) is 11.3. The molecule has 272 valence electrons. The lowest BCUT2D eigenvalue weighted by atomic mass is 9.98. The van der Waals surface area contributed by atoms with Gasteiger partial charge in [-0.3, -0.25) is 4.98 Å². The number of unbranched alkanes of at least 4 members (excludes halogenated alkanes) is 12. The molecule has 5 nitrogen and oxygen atoms in total. The second-order valence-corrected chi connectivity index (χ2v) is 14.9. The Hall–Kier alpha value is -3.15. The van der Waals surface area contributed by atoms with E-state index in [1.54, 1.807) is 0 Å². The molecule has 4 N–H and O–H groups in total. The Balaban J connectivity index is 1.80. The summed E-state index contributed by atoms with van der Waals surface area (Å²) in [5.74, 6) is 0. The molecule has 5 heteroatoms. The highest BCUT2D eigenvalue weighted by atomic mass is 16.3. The van der Waals surface area contributed by atoms with Gasteiger partial charge in [-0.25, -0.2) is 0 Å². The summed E-state index contributed by atoms with van der Waals surface area (Å²) in [5.41, 5.74) is 13.0. The second-order valence-electron chi connectivity index (χ2n) is 14.9. The van der Waals surface area contributed by atoms with Gasteiger partial charge < -0.3 is 20.2 Å². The molecule has 2 aliphatic rings.